The predicted molar refractivity (Wildman–Crippen MR) is 57.5 cm³/mol. The van der Waals surface area contributed by atoms with Crippen molar-refractivity contribution in [3.05, 3.63) is 0 Å². The SMILES string of the molecule is CCC(CCCCC(=O)OC)(OC)OC. The third kappa shape index (κ3) is 5.14. The van der Waals surface area contributed by atoms with E-state index in [0.717, 1.165) is 25.7 Å². The van der Waals surface area contributed by atoms with Gasteiger partial charge in [-0.25, -0.2) is 0 Å². The Morgan fingerprint density at radius 3 is 2.13 bits per heavy atom. The topological polar surface area (TPSA) is 44.8 Å². The lowest BCUT2D eigenvalue weighted by atomic mass is 10.0. The van der Waals surface area contributed by atoms with Crippen LogP contribution in [0.2, 0.25) is 0 Å². The van der Waals surface area contributed by atoms with Crippen molar-refractivity contribution in [2.45, 2.75) is 44.8 Å². The highest BCUT2D eigenvalue weighted by molar-refractivity contribution is 5.68. The van der Waals surface area contributed by atoms with E-state index in [1.54, 1.807) is 14.2 Å². The summed E-state index contributed by atoms with van der Waals surface area (Å²) in [5.74, 6) is -0.650. The van der Waals surface area contributed by atoms with E-state index < -0.39 is 5.79 Å². The molecule has 0 spiro atoms. The molecule has 0 amide bonds. The van der Waals surface area contributed by atoms with Gasteiger partial charge in [-0.1, -0.05) is 6.92 Å². The molecule has 0 unspecified atom stereocenters. The van der Waals surface area contributed by atoms with Crippen molar-refractivity contribution in [1.82, 2.24) is 0 Å². The van der Waals surface area contributed by atoms with Crippen LogP contribution in [0.3, 0.4) is 0 Å². The molecular formula is C11H22O4. The minimum Gasteiger partial charge on any atom is -0.469 e. The maximum Gasteiger partial charge on any atom is 0.305 e. The second-order valence-corrected chi connectivity index (χ2v) is 3.46. The van der Waals surface area contributed by atoms with Gasteiger partial charge in [0.1, 0.15) is 0 Å². The number of hydrogen-bond donors (Lipinski definition) is 0. The second-order valence-electron chi connectivity index (χ2n) is 3.46. The summed E-state index contributed by atoms with van der Waals surface area (Å²) in [6.07, 6.45) is 3.77. The monoisotopic (exact) mass is 218 g/mol. The highest BCUT2D eigenvalue weighted by Crippen LogP contribution is 2.23. The predicted octanol–water partition coefficient (Wildman–Crippen LogP) is 2.12. The Kier molecular flexibility index (Phi) is 7.34. The Morgan fingerprint density at radius 2 is 1.73 bits per heavy atom. The van der Waals surface area contributed by atoms with Crippen LogP contribution in [0.5, 0.6) is 0 Å². The van der Waals surface area contributed by atoms with E-state index >= 15 is 0 Å². The van der Waals surface area contributed by atoms with Gasteiger partial charge in [-0.3, -0.25) is 4.79 Å². The molecule has 90 valence electrons. The standard InChI is InChI=1S/C11H22O4/c1-5-11(14-3,15-4)9-7-6-8-10(12)13-2/h5-9H2,1-4H3. The normalized spacial score (nSPS) is 11.5. The first kappa shape index (κ1) is 14.4. The van der Waals surface area contributed by atoms with E-state index in [9.17, 15) is 4.79 Å². The summed E-state index contributed by atoms with van der Waals surface area (Å²) in [6.45, 7) is 2.02. The lowest BCUT2D eigenvalue weighted by Crippen LogP contribution is -2.32. The lowest BCUT2D eigenvalue weighted by Gasteiger charge is -2.29. The maximum atomic E-state index is 10.9. The number of carbonyl (C=O) groups excluding carboxylic acids is 1. The molecule has 0 N–H and O–H groups in total. The summed E-state index contributed by atoms with van der Waals surface area (Å²) in [6, 6.07) is 0. The zero-order valence-electron chi connectivity index (χ0n) is 10.2. The largest absolute Gasteiger partial charge is 0.469 e. The highest BCUT2D eigenvalue weighted by Gasteiger charge is 2.26. The molecule has 0 aliphatic heterocycles. The Morgan fingerprint density at radius 1 is 1.13 bits per heavy atom. The van der Waals surface area contributed by atoms with Crippen molar-refractivity contribution in [3.8, 4) is 0 Å². The number of unbranched alkanes of at least 4 members (excludes halogenated alkanes) is 1. The zero-order chi connectivity index (χ0) is 11.7. The molecule has 0 saturated carbocycles. The first-order valence-electron chi connectivity index (χ1n) is 5.31. The molecule has 15 heavy (non-hydrogen) atoms. The summed E-state index contributed by atoms with van der Waals surface area (Å²) in [5.41, 5.74) is 0. The van der Waals surface area contributed by atoms with Crippen LogP contribution in [0.1, 0.15) is 39.0 Å². The third-order valence-electron chi connectivity index (χ3n) is 2.70. The number of esters is 1. The van der Waals surface area contributed by atoms with Crippen LogP contribution in [-0.4, -0.2) is 33.1 Å². The molecule has 0 radical (unpaired) electrons. The molecule has 0 aromatic rings. The Labute approximate surface area is 91.9 Å². The van der Waals surface area contributed by atoms with Crippen molar-refractivity contribution in [1.29, 1.82) is 0 Å². The van der Waals surface area contributed by atoms with Gasteiger partial charge in [-0.05, 0) is 19.3 Å². The number of carbonyl (C=O) groups is 1. The molecule has 0 heterocycles. The molecular weight excluding hydrogens is 196 g/mol. The molecule has 0 atom stereocenters. The fourth-order valence-electron chi connectivity index (χ4n) is 1.52. The van der Waals surface area contributed by atoms with Crippen LogP contribution in [0, 0.1) is 0 Å². The minimum absolute atomic E-state index is 0.160. The molecule has 0 fully saturated rings. The molecule has 0 aliphatic carbocycles. The van der Waals surface area contributed by atoms with Gasteiger partial charge >= 0.3 is 5.97 Å². The van der Waals surface area contributed by atoms with E-state index in [2.05, 4.69) is 4.74 Å². The molecule has 4 nitrogen and oxygen atoms in total. The lowest BCUT2D eigenvalue weighted by molar-refractivity contribution is -0.213. The van der Waals surface area contributed by atoms with Crippen molar-refractivity contribution in [3.63, 3.8) is 0 Å². The van der Waals surface area contributed by atoms with Crippen LogP contribution in [0.4, 0.5) is 0 Å². The number of methoxy groups -OCH3 is 3. The minimum atomic E-state index is -0.490. The molecule has 0 aliphatic rings. The summed E-state index contributed by atoms with van der Waals surface area (Å²) in [4.78, 5) is 10.9. The highest BCUT2D eigenvalue weighted by atomic mass is 16.7. The quantitative estimate of drug-likeness (QED) is 0.355. The van der Waals surface area contributed by atoms with Gasteiger partial charge in [0.05, 0.1) is 7.11 Å². The first-order valence-corrected chi connectivity index (χ1v) is 5.31. The average Bonchev–Trinajstić information content (AvgIpc) is 2.30. The maximum absolute atomic E-state index is 10.9. The number of hydrogen-bond acceptors (Lipinski definition) is 4. The zero-order valence-corrected chi connectivity index (χ0v) is 10.2. The molecule has 0 saturated heterocycles. The van der Waals surface area contributed by atoms with Gasteiger partial charge in [0, 0.05) is 27.1 Å². The fourth-order valence-corrected chi connectivity index (χ4v) is 1.52. The van der Waals surface area contributed by atoms with Gasteiger partial charge in [0.2, 0.25) is 0 Å². The van der Waals surface area contributed by atoms with Gasteiger partial charge in [-0.15, -0.1) is 0 Å². The molecule has 4 heteroatoms. The molecule has 0 rings (SSSR count). The van der Waals surface area contributed by atoms with Crippen LogP contribution >= 0.6 is 0 Å². The van der Waals surface area contributed by atoms with Gasteiger partial charge in [-0.2, -0.15) is 0 Å². The molecule has 0 aromatic carbocycles. The van der Waals surface area contributed by atoms with E-state index in [0.29, 0.717) is 6.42 Å². The van der Waals surface area contributed by atoms with Crippen molar-refractivity contribution >= 4 is 5.97 Å². The van der Waals surface area contributed by atoms with Crippen molar-refractivity contribution < 1.29 is 19.0 Å². The Hall–Kier alpha value is -0.610. The van der Waals surface area contributed by atoms with Gasteiger partial charge in [0.25, 0.3) is 0 Å². The van der Waals surface area contributed by atoms with Gasteiger partial charge in [0.15, 0.2) is 5.79 Å². The summed E-state index contributed by atoms with van der Waals surface area (Å²) >= 11 is 0. The third-order valence-corrected chi connectivity index (χ3v) is 2.70. The Balaban J connectivity index is 3.76. The average molecular weight is 218 g/mol. The van der Waals surface area contributed by atoms with E-state index in [4.69, 9.17) is 9.47 Å². The van der Waals surface area contributed by atoms with Crippen LogP contribution < -0.4 is 0 Å². The smallest absolute Gasteiger partial charge is 0.305 e. The van der Waals surface area contributed by atoms with Crippen LogP contribution in [-0.2, 0) is 19.0 Å². The second kappa shape index (κ2) is 7.65. The summed E-state index contributed by atoms with van der Waals surface area (Å²) in [5, 5.41) is 0. The Bertz CT molecular complexity index is 167. The number of ether oxygens (including phenoxy) is 3. The molecule has 0 aromatic heterocycles. The van der Waals surface area contributed by atoms with E-state index in [-0.39, 0.29) is 5.97 Å². The van der Waals surface area contributed by atoms with Crippen molar-refractivity contribution in [2.24, 2.45) is 0 Å². The fraction of sp³-hybridized carbons (Fsp3) is 0.909. The molecule has 0 bridgehead atoms. The summed E-state index contributed by atoms with van der Waals surface area (Å²) < 4.78 is 15.2. The van der Waals surface area contributed by atoms with Crippen LogP contribution in [0.25, 0.3) is 0 Å². The van der Waals surface area contributed by atoms with Crippen LogP contribution in [0.15, 0.2) is 0 Å². The van der Waals surface area contributed by atoms with E-state index in [1.165, 1.54) is 7.11 Å². The first-order chi connectivity index (χ1) is 7.14. The number of rotatable bonds is 8. The van der Waals surface area contributed by atoms with Gasteiger partial charge < -0.3 is 14.2 Å². The van der Waals surface area contributed by atoms with E-state index in [1.807, 2.05) is 6.92 Å². The summed E-state index contributed by atoms with van der Waals surface area (Å²) in [7, 11) is 4.70. The van der Waals surface area contributed by atoms with Crippen molar-refractivity contribution in [2.75, 3.05) is 21.3 Å².